The van der Waals surface area contributed by atoms with Crippen molar-refractivity contribution < 1.29 is 19.8 Å². The number of aryl methyl sites for hydroxylation is 1. The molecule has 1 atom stereocenters. The molecule has 0 aliphatic heterocycles. The van der Waals surface area contributed by atoms with E-state index in [1.165, 1.54) is 0 Å². The predicted octanol–water partition coefficient (Wildman–Crippen LogP) is 7.90. The highest BCUT2D eigenvalue weighted by molar-refractivity contribution is 7.99. The number of pyridine rings is 1. The Morgan fingerprint density at radius 2 is 1.80 bits per heavy atom. The number of thioether (sulfide) groups is 1. The number of carboxylic acid groups (broad SMARTS) is 1. The number of nitrogens with zero attached hydrogens (tertiary/aromatic N) is 1. The fraction of sp³-hybridized carbons (Fsp3) is 0.265. The van der Waals surface area contributed by atoms with Crippen molar-refractivity contribution in [2.45, 2.75) is 37.4 Å². The third kappa shape index (κ3) is 7.64. The van der Waals surface area contributed by atoms with E-state index < -0.39 is 12.6 Å². The van der Waals surface area contributed by atoms with Crippen LogP contribution in [0.2, 0.25) is 5.02 Å². The van der Waals surface area contributed by atoms with Gasteiger partial charge in [0.15, 0.2) is 5.78 Å². The predicted molar refractivity (Wildman–Crippen MR) is 167 cm³/mol. The first-order chi connectivity index (χ1) is 19.8. The fourth-order valence-corrected chi connectivity index (χ4v) is 6.85. The van der Waals surface area contributed by atoms with Gasteiger partial charge in [0.2, 0.25) is 0 Å². The van der Waals surface area contributed by atoms with E-state index in [9.17, 15) is 19.8 Å². The molecule has 5 nitrogen and oxygen atoms in total. The number of rotatable bonds is 13. The molecule has 5 rings (SSSR count). The van der Waals surface area contributed by atoms with Crippen molar-refractivity contribution in [3.8, 4) is 0 Å². The van der Waals surface area contributed by atoms with Crippen molar-refractivity contribution in [3.05, 3.63) is 112 Å². The van der Waals surface area contributed by atoms with E-state index in [4.69, 9.17) is 16.6 Å². The van der Waals surface area contributed by atoms with Crippen LogP contribution in [-0.2, 0) is 11.2 Å². The smallest absolute Gasteiger partial charge is 0.303 e. The summed E-state index contributed by atoms with van der Waals surface area (Å²) in [5.74, 6) is -0.238. The molecule has 7 heteroatoms. The number of hydrogen-bond acceptors (Lipinski definition) is 5. The number of fused-ring (bicyclic) bond motifs is 1. The number of carbonyl (C=O) groups is 2. The molecule has 1 aliphatic carbocycles. The maximum Gasteiger partial charge on any atom is 0.303 e. The van der Waals surface area contributed by atoms with Gasteiger partial charge in [-0.2, -0.15) is 11.8 Å². The second-order valence-electron chi connectivity index (χ2n) is 10.7. The van der Waals surface area contributed by atoms with Crippen LogP contribution < -0.4 is 0 Å². The standard InChI is InChI=1S/C34H32ClNO4S/c35-27-12-9-25-10-14-28(36-30(25)19-27)13-8-23-4-3-6-26(18-23)32(41-22-34(16-17-34)20-33(39)40)15-11-24-5-1-2-7-29(24)31(38)21-37/h1-10,12-14,18-19,32,37H,11,15-17,20-22H2,(H,39,40)/b13-8+/t32-/m1/s1. The molecule has 0 spiro atoms. The van der Waals surface area contributed by atoms with Crippen LogP contribution in [0.5, 0.6) is 0 Å². The summed E-state index contributed by atoms with van der Waals surface area (Å²) in [7, 11) is 0. The minimum atomic E-state index is -0.743. The molecule has 1 heterocycles. The largest absolute Gasteiger partial charge is 0.481 e. The molecule has 2 N–H and O–H groups in total. The van der Waals surface area contributed by atoms with Crippen LogP contribution >= 0.6 is 23.4 Å². The summed E-state index contributed by atoms with van der Waals surface area (Å²) in [6.07, 6.45) is 7.59. The summed E-state index contributed by atoms with van der Waals surface area (Å²) < 4.78 is 0. The van der Waals surface area contributed by atoms with Crippen molar-refractivity contribution >= 4 is 58.2 Å². The number of carboxylic acids is 1. The average molecular weight is 586 g/mol. The van der Waals surface area contributed by atoms with Crippen LogP contribution in [-0.4, -0.2) is 39.3 Å². The number of hydrogen-bond donors (Lipinski definition) is 2. The molecule has 0 radical (unpaired) electrons. The second-order valence-corrected chi connectivity index (χ2v) is 12.4. The Labute approximate surface area is 249 Å². The van der Waals surface area contributed by atoms with E-state index in [-0.39, 0.29) is 22.9 Å². The topological polar surface area (TPSA) is 87.5 Å². The maximum absolute atomic E-state index is 12.3. The van der Waals surface area contributed by atoms with E-state index in [1.807, 2.05) is 66.7 Å². The van der Waals surface area contributed by atoms with E-state index in [2.05, 4.69) is 18.2 Å². The number of aromatic nitrogens is 1. The Morgan fingerprint density at radius 1 is 1.00 bits per heavy atom. The minimum absolute atomic E-state index is 0.118. The van der Waals surface area contributed by atoms with Gasteiger partial charge in [-0.15, -0.1) is 0 Å². The molecule has 1 aliphatic rings. The van der Waals surface area contributed by atoms with Gasteiger partial charge in [0.25, 0.3) is 0 Å². The first-order valence-electron chi connectivity index (χ1n) is 13.7. The highest BCUT2D eigenvalue weighted by Gasteiger charge is 2.44. The summed E-state index contributed by atoms with van der Waals surface area (Å²) >= 11 is 7.96. The number of carbonyl (C=O) groups excluding carboxylic acids is 1. The third-order valence-corrected chi connectivity index (χ3v) is 9.54. The molecule has 3 aromatic carbocycles. The zero-order valence-corrected chi connectivity index (χ0v) is 24.2. The quantitative estimate of drug-likeness (QED) is 0.155. The summed E-state index contributed by atoms with van der Waals surface area (Å²) in [6.45, 7) is -0.514. The summed E-state index contributed by atoms with van der Waals surface area (Å²) in [4.78, 5) is 28.5. The minimum Gasteiger partial charge on any atom is -0.481 e. The summed E-state index contributed by atoms with van der Waals surface area (Å²) in [6, 6.07) is 25.5. The molecule has 0 unspecified atom stereocenters. The number of Topliss-reactive ketones (excluding diaryl/α,β-unsaturated/α-hetero) is 1. The Hall–Kier alpha value is -3.45. The zero-order valence-electron chi connectivity index (χ0n) is 22.6. The second kappa shape index (κ2) is 13.0. The normalized spacial score (nSPS) is 14.8. The molecule has 1 saturated carbocycles. The van der Waals surface area contributed by atoms with Crippen molar-refractivity contribution in [2.75, 3.05) is 12.4 Å². The maximum atomic E-state index is 12.3. The Balaban J connectivity index is 1.37. The van der Waals surface area contributed by atoms with E-state index >= 15 is 0 Å². The molecular weight excluding hydrogens is 554 g/mol. The first kappa shape index (κ1) is 29.1. The number of benzene rings is 3. The van der Waals surface area contributed by atoms with Gasteiger partial charge in [0, 0.05) is 27.0 Å². The van der Waals surface area contributed by atoms with Crippen LogP contribution in [0.15, 0.2) is 78.9 Å². The molecular formula is C34H32ClNO4S. The molecule has 0 saturated heterocycles. The summed E-state index contributed by atoms with van der Waals surface area (Å²) in [5.41, 5.74) is 5.25. The number of aliphatic carboxylic acids is 1. The number of aliphatic hydroxyl groups excluding tert-OH is 1. The van der Waals surface area contributed by atoms with Crippen molar-refractivity contribution in [3.63, 3.8) is 0 Å². The molecule has 41 heavy (non-hydrogen) atoms. The van der Waals surface area contributed by atoms with Crippen LogP contribution in [0.25, 0.3) is 23.1 Å². The molecule has 0 amide bonds. The lowest BCUT2D eigenvalue weighted by Crippen LogP contribution is -2.13. The Morgan fingerprint density at radius 3 is 2.59 bits per heavy atom. The zero-order chi connectivity index (χ0) is 28.8. The molecule has 0 bridgehead atoms. The molecule has 1 fully saturated rings. The van der Waals surface area contributed by atoms with Crippen LogP contribution in [0.3, 0.4) is 0 Å². The summed E-state index contributed by atoms with van der Waals surface area (Å²) in [5, 5.41) is 20.6. The van der Waals surface area contributed by atoms with E-state index in [0.717, 1.165) is 58.3 Å². The number of halogens is 1. The van der Waals surface area contributed by atoms with Crippen molar-refractivity contribution in [2.24, 2.45) is 5.41 Å². The van der Waals surface area contributed by atoms with Gasteiger partial charge in [-0.25, -0.2) is 4.98 Å². The van der Waals surface area contributed by atoms with Crippen LogP contribution in [0.1, 0.15) is 63.7 Å². The van der Waals surface area contributed by atoms with E-state index in [1.54, 1.807) is 17.8 Å². The van der Waals surface area contributed by atoms with Crippen molar-refractivity contribution in [1.82, 2.24) is 4.98 Å². The van der Waals surface area contributed by atoms with Crippen LogP contribution in [0.4, 0.5) is 0 Å². The Bertz CT molecular complexity index is 1600. The molecule has 1 aromatic heterocycles. The lowest BCUT2D eigenvalue weighted by Gasteiger charge is -2.21. The van der Waals surface area contributed by atoms with Gasteiger partial charge in [-0.05, 0) is 72.1 Å². The Kier molecular flexibility index (Phi) is 9.23. The lowest BCUT2D eigenvalue weighted by molar-refractivity contribution is -0.138. The molecule has 4 aromatic rings. The lowest BCUT2D eigenvalue weighted by atomic mass is 9.97. The average Bonchev–Trinajstić information content (AvgIpc) is 3.74. The highest BCUT2D eigenvalue weighted by atomic mass is 35.5. The van der Waals surface area contributed by atoms with Gasteiger partial charge >= 0.3 is 5.97 Å². The van der Waals surface area contributed by atoms with Gasteiger partial charge in [0.1, 0.15) is 6.61 Å². The SMILES string of the molecule is O=C(O)CC1(CS[C@H](CCc2ccccc2C(=O)CO)c2cccc(/C=C/c3ccc4ccc(Cl)cc4n3)c2)CC1. The van der Waals surface area contributed by atoms with Crippen LogP contribution in [0, 0.1) is 5.41 Å². The number of aliphatic hydroxyl groups is 1. The van der Waals surface area contributed by atoms with E-state index in [0.29, 0.717) is 17.0 Å². The molecule has 210 valence electrons. The monoisotopic (exact) mass is 585 g/mol. The van der Waals surface area contributed by atoms with Gasteiger partial charge in [-0.3, -0.25) is 9.59 Å². The number of ketones is 1. The highest BCUT2D eigenvalue weighted by Crippen LogP contribution is 2.53. The van der Waals surface area contributed by atoms with Gasteiger partial charge in [0.05, 0.1) is 17.6 Å². The van der Waals surface area contributed by atoms with Gasteiger partial charge in [-0.1, -0.05) is 78.3 Å². The van der Waals surface area contributed by atoms with Crippen molar-refractivity contribution in [1.29, 1.82) is 0 Å². The fourth-order valence-electron chi connectivity index (χ4n) is 5.12. The van der Waals surface area contributed by atoms with Gasteiger partial charge < -0.3 is 10.2 Å². The third-order valence-electron chi connectivity index (χ3n) is 7.62. The first-order valence-corrected chi connectivity index (χ1v) is 15.2.